The van der Waals surface area contributed by atoms with Crippen LogP contribution in [0.2, 0.25) is 0 Å². The molecule has 1 saturated carbocycles. The van der Waals surface area contributed by atoms with Crippen molar-refractivity contribution in [1.82, 2.24) is 20.2 Å². The second-order valence-electron chi connectivity index (χ2n) is 6.17. The van der Waals surface area contributed by atoms with E-state index >= 15 is 0 Å². The molecule has 1 aliphatic carbocycles. The van der Waals surface area contributed by atoms with Crippen molar-refractivity contribution in [3.63, 3.8) is 0 Å². The average Bonchev–Trinajstić information content (AvgIpc) is 3.30. The number of carbonyl (C=O) groups is 1. The van der Waals surface area contributed by atoms with Crippen molar-refractivity contribution in [3.8, 4) is 0 Å². The molecule has 0 saturated heterocycles. The lowest BCUT2D eigenvalue weighted by Gasteiger charge is -2.13. The van der Waals surface area contributed by atoms with Crippen molar-refractivity contribution in [2.24, 2.45) is 0 Å². The van der Waals surface area contributed by atoms with Crippen molar-refractivity contribution in [2.75, 3.05) is 5.32 Å². The summed E-state index contributed by atoms with van der Waals surface area (Å²) in [4.78, 5) is 12.2. The first-order chi connectivity index (χ1) is 11.8. The first kappa shape index (κ1) is 17.5. The van der Waals surface area contributed by atoms with Crippen LogP contribution in [-0.4, -0.2) is 39.8 Å². The van der Waals surface area contributed by atoms with Gasteiger partial charge in [0.1, 0.15) is 16.8 Å². The van der Waals surface area contributed by atoms with E-state index in [-0.39, 0.29) is 17.6 Å². The summed E-state index contributed by atoms with van der Waals surface area (Å²) in [6, 6.07) is 4.32. The number of tetrazole rings is 1. The van der Waals surface area contributed by atoms with Crippen LogP contribution >= 0.6 is 0 Å². The smallest absolute Gasteiger partial charge is 0.242 e. The van der Waals surface area contributed by atoms with E-state index in [2.05, 4.69) is 20.8 Å². The number of amides is 1. The third-order valence-electron chi connectivity index (χ3n) is 4.13. The van der Waals surface area contributed by atoms with Gasteiger partial charge in [-0.1, -0.05) is 6.07 Å². The third-order valence-corrected chi connectivity index (χ3v) is 6.08. The van der Waals surface area contributed by atoms with Gasteiger partial charge in [-0.15, -0.1) is 5.10 Å². The molecule has 1 aliphatic rings. The first-order valence-corrected chi connectivity index (χ1v) is 9.55. The molecule has 1 aromatic heterocycles. The number of anilines is 1. The lowest BCUT2D eigenvalue weighted by atomic mass is 10.2. The molecule has 0 aliphatic heterocycles. The van der Waals surface area contributed by atoms with E-state index in [1.807, 2.05) is 0 Å². The molecule has 1 N–H and O–H groups in total. The number of sulfone groups is 1. The summed E-state index contributed by atoms with van der Waals surface area (Å²) >= 11 is 0. The fourth-order valence-electron chi connectivity index (χ4n) is 2.29. The Morgan fingerprint density at radius 2 is 2.16 bits per heavy atom. The maximum absolute atomic E-state index is 13.5. The second-order valence-corrected chi connectivity index (χ2v) is 8.49. The minimum Gasteiger partial charge on any atom is -0.325 e. The topological polar surface area (TPSA) is 107 Å². The Kier molecular flexibility index (Phi) is 4.55. The van der Waals surface area contributed by atoms with Crippen molar-refractivity contribution < 1.29 is 17.6 Å². The Morgan fingerprint density at radius 1 is 1.44 bits per heavy atom. The van der Waals surface area contributed by atoms with Gasteiger partial charge in [-0.2, -0.15) is 0 Å². The van der Waals surface area contributed by atoms with Crippen molar-refractivity contribution in [3.05, 3.63) is 35.4 Å². The number of benzene rings is 1. The van der Waals surface area contributed by atoms with Crippen LogP contribution in [0.1, 0.15) is 37.2 Å². The minimum atomic E-state index is -3.82. The van der Waals surface area contributed by atoms with Gasteiger partial charge in [0, 0.05) is 5.69 Å². The van der Waals surface area contributed by atoms with E-state index < -0.39 is 32.6 Å². The third kappa shape index (κ3) is 3.84. The van der Waals surface area contributed by atoms with Crippen LogP contribution in [-0.2, 0) is 20.4 Å². The Balaban J connectivity index is 1.71. The van der Waals surface area contributed by atoms with Crippen LogP contribution in [0, 0.1) is 12.7 Å². The van der Waals surface area contributed by atoms with Crippen LogP contribution in [0.5, 0.6) is 0 Å². The highest BCUT2D eigenvalue weighted by Gasteiger charge is 2.33. The van der Waals surface area contributed by atoms with Gasteiger partial charge in [-0.3, -0.25) is 4.79 Å². The molecule has 0 radical (unpaired) electrons. The van der Waals surface area contributed by atoms with Crippen LogP contribution in [0.25, 0.3) is 0 Å². The zero-order valence-electron chi connectivity index (χ0n) is 13.8. The van der Waals surface area contributed by atoms with Gasteiger partial charge >= 0.3 is 0 Å². The Bertz CT molecular complexity index is 908. The van der Waals surface area contributed by atoms with Crippen LogP contribution in [0.3, 0.4) is 0 Å². The summed E-state index contributed by atoms with van der Waals surface area (Å²) < 4.78 is 40.0. The number of halogens is 1. The first-order valence-electron chi connectivity index (χ1n) is 7.83. The fourth-order valence-corrected chi connectivity index (χ4v) is 3.48. The number of hydrogen-bond donors (Lipinski definition) is 1. The maximum atomic E-state index is 13.5. The van der Waals surface area contributed by atoms with E-state index in [9.17, 15) is 17.6 Å². The van der Waals surface area contributed by atoms with E-state index in [1.165, 1.54) is 23.7 Å². The monoisotopic (exact) mass is 367 g/mol. The van der Waals surface area contributed by atoms with Crippen molar-refractivity contribution in [1.29, 1.82) is 0 Å². The van der Waals surface area contributed by atoms with Crippen LogP contribution in [0.4, 0.5) is 10.1 Å². The average molecular weight is 367 g/mol. The summed E-state index contributed by atoms with van der Waals surface area (Å²) in [6.07, 6.45) is 1.82. The molecule has 1 heterocycles. The Morgan fingerprint density at radius 3 is 2.80 bits per heavy atom. The van der Waals surface area contributed by atoms with Gasteiger partial charge in [0.15, 0.2) is 15.7 Å². The van der Waals surface area contributed by atoms with E-state index in [1.54, 1.807) is 6.92 Å². The summed E-state index contributed by atoms with van der Waals surface area (Å²) in [5, 5.41) is 12.2. The van der Waals surface area contributed by atoms with E-state index in [4.69, 9.17) is 0 Å². The number of nitrogens with one attached hydrogen (secondary N) is 1. The summed E-state index contributed by atoms with van der Waals surface area (Å²) in [7, 11) is -3.82. The number of carbonyl (C=O) groups excluding carboxylic acids is 1. The lowest BCUT2D eigenvalue weighted by Crippen LogP contribution is -2.34. The number of nitrogens with zero attached hydrogens (tertiary/aromatic N) is 4. The second kappa shape index (κ2) is 6.51. The highest BCUT2D eigenvalue weighted by molar-refractivity contribution is 7.92. The molecule has 0 bridgehead atoms. The van der Waals surface area contributed by atoms with Crippen LogP contribution < -0.4 is 5.32 Å². The van der Waals surface area contributed by atoms with Gasteiger partial charge in [-0.05, 0) is 54.8 Å². The number of aryl methyl sites for hydroxylation is 1. The normalized spacial score (nSPS) is 15.8. The molecule has 1 amide bonds. The quantitative estimate of drug-likeness (QED) is 0.827. The van der Waals surface area contributed by atoms with Gasteiger partial charge in [-0.25, -0.2) is 17.5 Å². The molecule has 134 valence electrons. The molecule has 8 nitrogen and oxygen atoms in total. The predicted molar refractivity (Wildman–Crippen MR) is 87.9 cm³/mol. The predicted octanol–water partition coefficient (Wildman–Crippen LogP) is 1.40. The lowest BCUT2D eigenvalue weighted by molar-refractivity contribution is -0.115. The maximum Gasteiger partial charge on any atom is 0.242 e. The molecule has 10 heteroatoms. The fraction of sp³-hybridized carbons (Fsp3) is 0.467. The summed E-state index contributed by atoms with van der Waals surface area (Å²) in [6.45, 7) is 2.89. The molecule has 1 atom stereocenters. The Hall–Kier alpha value is -2.36. The molecule has 25 heavy (non-hydrogen) atoms. The summed E-state index contributed by atoms with van der Waals surface area (Å²) in [5.41, 5.74) is 0.642. The highest BCUT2D eigenvalue weighted by atomic mass is 32.2. The summed E-state index contributed by atoms with van der Waals surface area (Å²) in [5.74, 6) is -1.40. The van der Waals surface area contributed by atoms with Crippen molar-refractivity contribution >= 4 is 21.4 Å². The number of rotatable bonds is 6. The van der Waals surface area contributed by atoms with Crippen LogP contribution in [0.15, 0.2) is 18.2 Å². The molecular formula is C15H18FN5O3S. The molecule has 1 aromatic carbocycles. The van der Waals surface area contributed by atoms with Gasteiger partial charge in [0.2, 0.25) is 5.91 Å². The van der Waals surface area contributed by atoms with E-state index in [0.717, 1.165) is 18.9 Å². The van der Waals surface area contributed by atoms with Crippen molar-refractivity contribution in [2.45, 2.75) is 43.7 Å². The molecule has 3 rings (SSSR count). The van der Waals surface area contributed by atoms with E-state index in [0.29, 0.717) is 5.56 Å². The zero-order chi connectivity index (χ0) is 18.2. The van der Waals surface area contributed by atoms with Gasteiger partial charge < -0.3 is 5.32 Å². The minimum absolute atomic E-state index is 0.139. The molecule has 1 unspecified atom stereocenters. The Labute approximate surface area is 144 Å². The highest BCUT2D eigenvalue weighted by Crippen LogP contribution is 2.34. The molecule has 2 aromatic rings. The molecular weight excluding hydrogens is 349 g/mol. The van der Waals surface area contributed by atoms with Gasteiger partial charge in [0.25, 0.3) is 0 Å². The zero-order valence-corrected chi connectivity index (χ0v) is 14.6. The molecule has 1 fully saturated rings. The number of hydrogen-bond acceptors (Lipinski definition) is 6. The van der Waals surface area contributed by atoms with Gasteiger partial charge in [0.05, 0.1) is 6.04 Å². The standard InChI is InChI=1S/C15H18FN5O3S/c1-9-3-4-11(7-13(9)16)17-15(22)10(2)25(23,24)8-14-18-19-20-21(14)12-5-6-12/h3-4,7,10,12H,5-6,8H2,1-2H3,(H,17,22). The number of aromatic nitrogens is 4. The molecule has 0 spiro atoms. The largest absolute Gasteiger partial charge is 0.325 e. The SMILES string of the molecule is Cc1ccc(NC(=O)C(C)S(=O)(=O)Cc2nnnn2C2CC2)cc1F.